The first-order valence-corrected chi connectivity index (χ1v) is 12.0. The number of carbonyl (C=O) groups is 2. The van der Waals surface area contributed by atoms with Crippen LogP contribution in [-0.2, 0) is 47.5 Å². The average Bonchev–Trinajstić information content (AvgIpc) is 2.79. The summed E-state index contributed by atoms with van der Waals surface area (Å²) in [7, 11) is 1.46. The first-order valence-electron chi connectivity index (χ1n) is 12.0. The van der Waals surface area contributed by atoms with Gasteiger partial charge in [-0.25, -0.2) is 9.59 Å². The lowest BCUT2D eigenvalue weighted by Crippen LogP contribution is -2.64. The Morgan fingerprint density at radius 1 is 0.861 bits per heavy atom. The van der Waals surface area contributed by atoms with Crippen LogP contribution in [0.5, 0.6) is 0 Å². The van der Waals surface area contributed by atoms with E-state index in [-0.39, 0.29) is 19.8 Å². The van der Waals surface area contributed by atoms with Gasteiger partial charge in [0.2, 0.25) is 0 Å². The molecule has 2 saturated heterocycles. The molecule has 1 aromatic rings. The fraction of sp³-hybridized carbons (Fsp3) is 0.692. The van der Waals surface area contributed by atoms with Gasteiger partial charge in [-0.05, 0) is 41.5 Å². The molecule has 202 valence electrons. The molecule has 2 aliphatic heterocycles. The number of carbonyl (C=O) groups excluding carboxylic acids is 2. The van der Waals surface area contributed by atoms with E-state index >= 15 is 0 Å². The molecule has 0 amide bonds. The molecule has 2 aliphatic rings. The molecule has 2 fully saturated rings. The van der Waals surface area contributed by atoms with Crippen LogP contribution in [0.15, 0.2) is 30.3 Å². The lowest BCUT2D eigenvalue weighted by molar-refractivity contribution is -0.366. The quantitative estimate of drug-likeness (QED) is 0.485. The van der Waals surface area contributed by atoms with Crippen molar-refractivity contribution in [2.24, 2.45) is 0 Å². The Morgan fingerprint density at radius 3 is 1.94 bits per heavy atom. The van der Waals surface area contributed by atoms with Crippen LogP contribution in [0.3, 0.4) is 0 Å². The highest BCUT2D eigenvalue weighted by Crippen LogP contribution is 2.36. The molecule has 0 spiro atoms. The summed E-state index contributed by atoms with van der Waals surface area (Å²) in [6, 6.07) is 9.44. The summed E-state index contributed by atoms with van der Waals surface area (Å²) < 4.78 is 46.4. The first-order chi connectivity index (χ1) is 16.9. The zero-order valence-corrected chi connectivity index (χ0v) is 22.1. The second-order valence-electron chi connectivity index (χ2n) is 10.7. The zero-order chi connectivity index (χ0) is 26.5. The first kappa shape index (κ1) is 28.5. The summed E-state index contributed by atoms with van der Waals surface area (Å²) >= 11 is 0. The molecule has 0 aliphatic carbocycles. The highest BCUT2D eigenvalue weighted by molar-refractivity contribution is 5.71. The van der Waals surface area contributed by atoms with E-state index in [9.17, 15) is 9.59 Å². The smallest absolute Gasteiger partial charge is 0.332 e. The second-order valence-corrected chi connectivity index (χ2v) is 10.7. The van der Waals surface area contributed by atoms with Gasteiger partial charge in [0.25, 0.3) is 0 Å². The molecule has 10 nitrogen and oxygen atoms in total. The van der Waals surface area contributed by atoms with Gasteiger partial charge in [0, 0.05) is 12.7 Å². The third-order valence-electron chi connectivity index (χ3n) is 5.22. The van der Waals surface area contributed by atoms with Crippen molar-refractivity contribution in [3.8, 4) is 0 Å². The number of fused-ring (bicyclic) bond motifs is 1. The summed E-state index contributed by atoms with van der Waals surface area (Å²) in [5, 5.41) is 0. The maximum atomic E-state index is 12.4. The predicted molar refractivity (Wildman–Crippen MR) is 127 cm³/mol. The molecule has 0 unspecified atom stereocenters. The minimum atomic E-state index is -0.905. The average molecular weight is 511 g/mol. The largest absolute Gasteiger partial charge is 0.458 e. The molecular formula is C26H38O10. The van der Waals surface area contributed by atoms with E-state index in [1.165, 1.54) is 7.11 Å². The van der Waals surface area contributed by atoms with Gasteiger partial charge in [-0.3, -0.25) is 0 Å². The number of benzene rings is 1. The molecule has 0 saturated carbocycles. The summed E-state index contributed by atoms with van der Waals surface area (Å²) in [6.45, 7) is 10.1. The van der Waals surface area contributed by atoms with Crippen LogP contribution in [0.2, 0.25) is 0 Å². The lowest BCUT2D eigenvalue weighted by atomic mass is 9.97. The Morgan fingerprint density at radius 2 is 1.42 bits per heavy atom. The third-order valence-corrected chi connectivity index (χ3v) is 5.22. The van der Waals surface area contributed by atoms with Gasteiger partial charge >= 0.3 is 11.9 Å². The van der Waals surface area contributed by atoms with Gasteiger partial charge in [-0.1, -0.05) is 30.3 Å². The normalized spacial score (nSPS) is 28.8. The van der Waals surface area contributed by atoms with Crippen molar-refractivity contribution < 1.29 is 47.5 Å². The van der Waals surface area contributed by atoms with E-state index in [1.54, 1.807) is 41.5 Å². The van der Waals surface area contributed by atoms with Gasteiger partial charge in [0.15, 0.2) is 12.6 Å². The lowest BCUT2D eigenvalue weighted by Gasteiger charge is -2.48. The number of rotatable bonds is 8. The maximum Gasteiger partial charge on any atom is 0.332 e. The Balaban J connectivity index is 1.80. The van der Waals surface area contributed by atoms with Crippen LogP contribution in [0.25, 0.3) is 0 Å². The molecule has 10 heteroatoms. The van der Waals surface area contributed by atoms with Gasteiger partial charge < -0.3 is 37.9 Å². The van der Waals surface area contributed by atoms with Gasteiger partial charge in [0.05, 0.1) is 6.61 Å². The number of hydrogen-bond donors (Lipinski definition) is 0. The van der Waals surface area contributed by atoms with Crippen molar-refractivity contribution in [1.29, 1.82) is 0 Å². The van der Waals surface area contributed by atoms with E-state index < -0.39 is 60.1 Å². The topological polar surface area (TPSA) is 108 Å². The van der Waals surface area contributed by atoms with Crippen LogP contribution in [0.1, 0.15) is 53.4 Å². The van der Waals surface area contributed by atoms with Crippen LogP contribution in [-0.4, -0.2) is 80.8 Å². The minimum absolute atomic E-state index is 0.204. The minimum Gasteiger partial charge on any atom is -0.458 e. The van der Waals surface area contributed by atoms with Crippen molar-refractivity contribution >= 4 is 11.9 Å². The molecule has 6 atom stereocenters. The molecule has 36 heavy (non-hydrogen) atoms. The Labute approximate surface area is 212 Å². The Kier molecular flexibility index (Phi) is 9.48. The van der Waals surface area contributed by atoms with E-state index in [4.69, 9.17) is 37.9 Å². The number of methoxy groups -OCH3 is 1. The van der Waals surface area contributed by atoms with Crippen molar-refractivity contribution in [2.45, 2.75) is 89.7 Å². The van der Waals surface area contributed by atoms with Crippen LogP contribution >= 0.6 is 0 Å². The molecular weight excluding hydrogens is 472 g/mol. The fourth-order valence-corrected chi connectivity index (χ4v) is 3.95. The van der Waals surface area contributed by atoms with Crippen LogP contribution in [0.4, 0.5) is 0 Å². The van der Waals surface area contributed by atoms with E-state index in [2.05, 4.69) is 0 Å². The van der Waals surface area contributed by atoms with Crippen molar-refractivity contribution in [2.75, 3.05) is 26.9 Å². The molecule has 0 bridgehead atoms. The standard InChI is InChI=1S/C26H38O10/c1-25(2,3)35-18(27)14-30-21-20-17(13-32-23(34-20)16-11-9-8-10-12-16)33-24(29-7)22(21)31-15-19(28)36-26(4,5)6/h8-12,17,20-24H,13-15H2,1-7H3/t17-,20-,21+,22-,23-,24+/m1/s1. The molecule has 3 rings (SSSR count). The zero-order valence-electron chi connectivity index (χ0n) is 22.1. The summed E-state index contributed by atoms with van der Waals surface area (Å²) in [5.41, 5.74) is -0.523. The van der Waals surface area contributed by atoms with Gasteiger partial charge in [0.1, 0.15) is 48.8 Å². The van der Waals surface area contributed by atoms with Crippen molar-refractivity contribution in [3.05, 3.63) is 35.9 Å². The fourth-order valence-electron chi connectivity index (χ4n) is 3.95. The summed E-state index contributed by atoms with van der Waals surface area (Å²) in [5.74, 6) is -1.10. The van der Waals surface area contributed by atoms with E-state index in [0.29, 0.717) is 0 Å². The summed E-state index contributed by atoms with van der Waals surface area (Å²) in [4.78, 5) is 24.8. The molecule has 0 aromatic heterocycles. The monoisotopic (exact) mass is 510 g/mol. The second kappa shape index (κ2) is 12.0. The summed E-state index contributed by atoms with van der Waals surface area (Å²) in [6.07, 6.45) is -4.55. The third kappa shape index (κ3) is 8.22. The molecule has 2 heterocycles. The predicted octanol–water partition coefficient (Wildman–Crippen LogP) is 2.93. The van der Waals surface area contributed by atoms with E-state index in [1.807, 2.05) is 30.3 Å². The highest BCUT2D eigenvalue weighted by Gasteiger charge is 2.52. The Hall–Kier alpha value is -2.08. The van der Waals surface area contributed by atoms with E-state index in [0.717, 1.165) is 5.56 Å². The van der Waals surface area contributed by atoms with Crippen LogP contribution < -0.4 is 0 Å². The molecule has 1 aromatic carbocycles. The molecule has 0 N–H and O–H groups in total. The van der Waals surface area contributed by atoms with Crippen molar-refractivity contribution in [3.63, 3.8) is 0 Å². The number of esters is 2. The SMILES string of the molecule is CO[C@H]1O[C@@H]2CO[C@@H](c3ccccc3)O[C@H]2[C@H](OCC(=O)OC(C)(C)C)[C@H]1OCC(=O)OC(C)(C)C. The van der Waals surface area contributed by atoms with Gasteiger partial charge in [-0.2, -0.15) is 0 Å². The van der Waals surface area contributed by atoms with Crippen LogP contribution in [0, 0.1) is 0 Å². The Bertz CT molecular complexity index is 860. The molecule has 0 radical (unpaired) electrons. The highest BCUT2D eigenvalue weighted by atomic mass is 16.8. The maximum absolute atomic E-state index is 12.4. The number of ether oxygens (including phenoxy) is 8. The van der Waals surface area contributed by atoms with Crippen molar-refractivity contribution in [1.82, 2.24) is 0 Å². The number of hydrogen-bond acceptors (Lipinski definition) is 10. The van der Waals surface area contributed by atoms with Gasteiger partial charge in [-0.15, -0.1) is 0 Å².